The van der Waals surface area contributed by atoms with Crippen molar-refractivity contribution in [2.24, 2.45) is 10.7 Å². The number of carbonyl (C=O) groups excluding carboxylic acids is 1. The summed E-state index contributed by atoms with van der Waals surface area (Å²) in [6.07, 6.45) is 7.01. The third kappa shape index (κ3) is 5.38. The molecule has 1 saturated heterocycles. The summed E-state index contributed by atoms with van der Waals surface area (Å²) in [5.74, 6) is 0.211. The van der Waals surface area contributed by atoms with E-state index in [-0.39, 0.29) is 11.9 Å². The Labute approximate surface area is 206 Å². The van der Waals surface area contributed by atoms with Gasteiger partial charge >= 0.3 is 0 Å². The maximum absolute atomic E-state index is 12.4. The van der Waals surface area contributed by atoms with Crippen LogP contribution in [0.25, 0.3) is 5.57 Å². The summed E-state index contributed by atoms with van der Waals surface area (Å²) in [6.45, 7) is 2.19. The van der Waals surface area contributed by atoms with Gasteiger partial charge in [-0.15, -0.1) is 0 Å². The van der Waals surface area contributed by atoms with Crippen molar-refractivity contribution in [2.45, 2.75) is 31.7 Å². The summed E-state index contributed by atoms with van der Waals surface area (Å²) in [4.78, 5) is 18.5. The first-order valence-corrected chi connectivity index (χ1v) is 12.1. The predicted molar refractivity (Wildman–Crippen MR) is 143 cm³/mol. The van der Waals surface area contributed by atoms with Crippen LogP contribution in [0.4, 0.5) is 11.4 Å². The van der Waals surface area contributed by atoms with E-state index >= 15 is 0 Å². The molecule has 1 fully saturated rings. The molecule has 2 aromatic carbocycles. The Morgan fingerprint density at radius 2 is 1.97 bits per heavy atom. The van der Waals surface area contributed by atoms with Gasteiger partial charge in [0, 0.05) is 80.4 Å². The Bertz CT molecular complexity index is 1150. The molecule has 35 heavy (non-hydrogen) atoms. The normalized spacial score (nSPS) is 16.7. The van der Waals surface area contributed by atoms with Crippen molar-refractivity contribution >= 4 is 34.9 Å². The highest BCUT2D eigenvalue weighted by Gasteiger charge is 2.25. The second kappa shape index (κ2) is 11.2. The molecule has 4 rings (SSSR count). The van der Waals surface area contributed by atoms with Gasteiger partial charge in [0.1, 0.15) is 5.84 Å². The molecule has 2 heterocycles. The first kappa shape index (κ1) is 24.5. The van der Waals surface area contributed by atoms with Crippen LogP contribution in [0.2, 0.25) is 0 Å². The second-order valence-electron chi connectivity index (χ2n) is 8.83. The lowest BCUT2D eigenvalue weighted by molar-refractivity contribution is 0.0904. The number of nitrogens with one attached hydrogen (secondary N) is 3. The van der Waals surface area contributed by atoms with Crippen LogP contribution in [-0.4, -0.2) is 57.9 Å². The minimum absolute atomic E-state index is 0.168. The summed E-state index contributed by atoms with van der Waals surface area (Å²) in [6, 6.07) is 12.0. The molecule has 8 heteroatoms. The Hall–Kier alpha value is -3.65. The maximum atomic E-state index is 12.4. The van der Waals surface area contributed by atoms with Gasteiger partial charge < -0.3 is 26.0 Å². The van der Waals surface area contributed by atoms with Gasteiger partial charge in [-0.05, 0) is 67.1 Å². The first-order chi connectivity index (χ1) is 17.0. The summed E-state index contributed by atoms with van der Waals surface area (Å²) in [5.41, 5.74) is 12.0. The Kier molecular flexibility index (Phi) is 7.82. The van der Waals surface area contributed by atoms with Crippen LogP contribution in [0.1, 0.15) is 46.3 Å². The first-order valence-electron chi connectivity index (χ1n) is 12.1. The van der Waals surface area contributed by atoms with Crippen molar-refractivity contribution in [2.75, 3.05) is 44.1 Å². The number of rotatable bonds is 6. The van der Waals surface area contributed by atoms with Crippen LogP contribution in [-0.2, 0) is 11.2 Å². The van der Waals surface area contributed by atoms with Gasteiger partial charge in [0.05, 0.1) is 0 Å². The molecule has 2 aliphatic rings. The number of amidine groups is 1. The SMILES string of the molecule is CN=CC(=CN)c1ccc2c(c1)CCCN2C(=N)c1cc(C(=O)NC)ccc1NC1CCOCC1. The number of hydrogen-bond donors (Lipinski definition) is 4. The lowest BCUT2D eigenvalue weighted by Crippen LogP contribution is -2.37. The minimum atomic E-state index is -0.168. The minimum Gasteiger partial charge on any atom is -0.404 e. The number of fused-ring (bicyclic) bond motifs is 1. The monoisotopic (exact) mass is 474 g/mol. The van der Waals surface area contributed by atoms with Gasteiger partial charge in [-0.1, -0.05) is 6.07 Å². The number of amides is 1. The van der Waals surface area contributed by atoms with E-state index < -0.39 is 0 Å². The molecule has 0 aromatic heterocycles. The average Bonchev–Trinajstić information content (AvgIpc) is 2.91. The molecule has 0 spiro atoms. The molecule has 5 N–H and O–H groups in total. The predicted octanol–water partition coefficient (Wildman–Crippen LogP) is 3.42. The molecule has 0 aliphatic carbocycles. The van der Waals surface area contributed by atoms with E-state index in [2.05, 4.69) is 27.8 Å². The number of carbonyl (C=O) groups is 1. The summed E-state index contributed by atoms with van der Waals surface area (Å²) in [5, 5.41) is 15.5. The van der Waals surface area contributed by atoms with Crippen LogP contribution < -0.4 is 21.3 Å². The largest absolute Gasteiger partial charge is 0.404 e. The van der Waals surface area contributed by atoms with E-state index in [1.807, 2.05) is 29.2 Å². The van der Waals surface area contributed by atoms with Crippen molar-refractivity contribution in [1.82, 2.24) is 5.32 Å². The third-order valence-electron chi connectivity index (χ3n) is 6.59. The van der Waals surface area contributed by atoms with Crippen LogP contribution >= 0.6 is 0 Å². The molecule has 0 bridgehead atoms. The molecule has 1 amide bonds. The number of hydrogen-bond acceptors (Lipinski definition) is 6. The van der Waals surface area contributed by atoms with Crippen molar-refractivity contribution in [3.63, 3.8) is 0 Å². The van der Waals surface area contributed by atoms with Crippen molar-refractivity contribution < 1.29 is 9.53 Å². The highest BCUT2D eigenvalue weighted by atomic mass is 16.5. The van der Waals surface area contributed by atoms with E-state index in [1.165, 1.54) is 5.56 Å². The number of ether oxygens (including phenoxy) is 1. The van der Waals surface area contributed by atoms with Crippen molar-refractivity contribution in [3.8, 4) is 0 Å². The van der Waals surface area contributed by atoms with Crippen LogP contribution in [0.5, 0.6) is 0 Å². The Balaban J connectivity index is 1.69. The molecular formula is C27H34N6O2. The van der Waals surface area contributed by atoms with Gasteiger partial charge in [-0.2, -0.15) is 0 Å². The number of nitrogens with two attached hydrogens (primary N) is 1. The molecule has 0 atom stereocenters. The zero-order chi connectivity index (χ0) is 24.8. The fourth-order valence-corrected chi connectivity index (χ4v) is 4.72. The van der Waals surface area contributed by atoms with Gasteiger partial charge in [0.2, 0.25) is 0 Å². The maximum Gasteiger partial charge on any atom is 0.251 e. The van der Waals surface area contributed by atoms with E-state index in [0.717, 1.165) is 73.5 Å². The van der Waals surface area contributed by atoms with Crippen molar-refractivity contribution in [3.05, 3.63) is 64.9 Å². The fraction of sp³-hybridized carbons (Fsp3) is 0.370. The number of allylic oxidation sites excluding steroid dienone is 1. The van der Waals surface area contributed by atoms with E-state index in [9.17, 15) is 10.2 Å². The number of nitrogens with zero attached hydrogens (tertiary/aromatic N) is 2. The molecule has 0 radical (unpaired) electrons. The summed E-state index contributed by atoms with van der Waals surface area (Å²) < 4.78 is 5.50. The summed E-state index contributed by atoms with van der Waals surface area (Å²) >= 11 is 0. The number of aliphatic imine (C=N–C) groups is 1. The molecule has 8 nitrogen and oxygen atoms in total. The highest BCUT2D eigenvalue weighted by molar-refractivity contribution is 6.13. The molecule has 2 aliphatic heterocycles. The molecule has 0 unspecified atom stereocenters. The topological polar surface area (TPSA) is 116 Å². The molecular weight excluding hydrogens is 440 g/mol. The molecule has 184 valence electrons. The third-order valence-corrected chi connectivity index (χ3v) is 6.59. The van der Waals surface area contributed by atoms with E-state index in [4.69, 9.17) is 10.5 Å². The molecule has 0 saturated carbocycles. The van der Waals surface area contributed by atoms with Gasteiger partial charge in [0.25, 0.3) is 5.91 Å². The second-order valence-corrected chi connectivity index (χ2v) is 8.83. The number of aryl methyl sites for hydroxylation is 1. The van der Waals surface area contributed by atoms with Crippen molar-refractivity contribution in [1.29, 1.82) is 5.41 Å². The standard InChI is InChI=1S/C27H34N6O2/c1-30-17-21(16-28)18-6-8-25-19(14-18)4-3-11-33(25)26(29)23-15-20(27(34)31-2)5-7-24(23)32-22-9-12-35-13-10-22/h5-8,14-17,22,29,32H,3-4,9-13,28H2,1-2H3,(H,31,34). The smallest absolute Gasteiger partial charge is 0.251 e. The zero-order valence-electron chi connectivity index (χ0n) is 20.4. The van der Waals surface area contributed by atoms with Crippen LogP contribution in [0, 0.1) is 5.41 Å². The Morgan fingerprint density at radius 1 is 1.20 bits per heavy atom. The number of anilines is 2. The average molecular weight is 475 g/mol. The zero-order valence-corrected chi connectivity index (χ0v) is 20.4. The van der Waals surface area contributed by atoms with Gasteiger partial charge in [0.15, 0.2) is 0 Å². The lowest BCUT2D eigenvalue weighted by Gasteiger charge is -2.33. The highest BCUT2D eigenvalue weighted by Crippen LogP contribution is 2.32. The lowest BCUT2D eigenvalue weighted by atomic mass is 9.95. The van der Waals surface area contributed by atoms with E-state index in [1.54, 1.807) is 26.5 Å². The van der Waals surface area contributed by atoms with Crippen LogP contribution in [0.15, 0.2) is 47.6 Å². The fourth-order valence-electron chi connectivity index (χ4n) is 4.72. The van der Waals surface area contributed by atoms with Crippen LogP contribution in [0.3, 0.4) is 0 Å². The number of benzene rings is 2. The van der Waals surface area contributed by atoms with Gasteiger partial charge in [-0.25, -0.2) is 0 Å². The molecule has 2 aromatic rings. The Morgan fingerprint density at radius 3 is 2.69 bits per heavy atom. The van der Waals surface area contributed by atoms with E-state index in [0.29, 0.717) is 11.4 Å². The van der Waals surface area contributed by atoms with Gasteiger partial charge in [-0.3, -0.25) is 15.2 Å². The summed E-state index contributed by atoms with van der Waals surface area (Å²) in [7, 11) is 3.34. The quantitative estimate of drug-likeness (QED) is 0.378.